The summed E-state index contributed by atoms with van der Waals surface area (Å²) in [6, 6.07) is 12.1. The summed E-state index contributed by atoms with van der Waals surface area (Å²) in [6.45, 7) is 1.48. The molecule has 0 saturated carbocycles. The molecule has 0 fully saturated rings. The molecule has 7 heteroatoms. The highest BCUT2D eigenvalue weighted by atomic mass is 35.5. The predicted molar refractivity (Wildman–Crippen MR) is 90.2 cm³/mol. The summed E-state index contributed by atoms with van der Waals surface area (Å²) in [5.41, 5.74) is 0.580. The van der Waals surface area contributed by atoms with Gasteiger partial charge >= 0.3 is 5.97 Å². The van der Waals surface area contributed by atoms with Crippen molar-refractivity contribution in [3.8, 4) is 5.75 Å². The molecule has 0 saturated heterocycles. The Hall–Kier alpha value is -2.60. The predicted octanol–water partition coefficient (Wildman–Crippen LogP) is 2.71. The maximum absolute atomic E-state index is 12.5. The number of hydrogen-bond donors (Lipinski definition) is 0. The molecule has 0 aliphatic carbocycles. The second kappa shape index (κ2) is 8.88. The first-order chi connectivity index (χ1) is 11.6. The van der Waals surface area contributed by atoms with Crippen molar-refractivity contribution in [2.45, 2.75) is 6.92 Å². The quantitative estimate of drug-likeness (QED) is 0.568. The summed E-state index contributed by atoms with van der Waals surface area (Å²) in [4.78, 5) is 29.5. The van der Waals surface area contributed by atoms with Crippen molar-refractivity contribution in [1.29, 1.82) is 0 Å². The van der Waals surface area contributed by atoms with Crippen LogP contribution in [0, 0.1) is 0 Å². The van der Waals surface area contributed by atoms with Gasteiger partial charge in [0.15, 0.2) is 17.5 Å². The SMILES string of the molecule is CCOC(=O)CN(C(=O)COc1cccnc1Cl)c1ccccc1. The Kier molecular flexibility index (Phi) is 6.57. The lowest BCUT2D eigenvalue weighted by Gasteiger charge is -2.22. The van der Waals surface area contributed by atoms with E-state index in [1.54, 1.807) is 43.3 Å². The summed E-state index contributed by atoms with van der Waals surface area (Å²) in [6.07, 6.45) is 1.52. The fourth-order valence-corrected chi connectivity index (χ4v) is 2.14. The molecule has 0 atom stereocenters. The van der Waals surface area contributed by atoms with E-state index in [9.17, 15) is 9.59 Å². The standard InChI is InChI=1S/C17H17ClN2O4/c1-2-23-16(22)11-20(13-7-4-3-5-8-13)15(21)12-24-14-9-6-10-19-17(14)18/h3-10H,2,11-12H2,1H3. The molecular weight excluding hydrogens is 332 g/mol. The lowest BCUT2D eigenvalue weighted by molar-refractivity contribution is -0.142. The number of rotatable bonds is 7. The fourth-order valence-electron chi connectivity index (χ4n) is 1.96. The zero-order valence-corrected chi connectivity index (χ0v) is 13.9. The average Bonchev–Trinajstić information content (AvgIpc) is 2.60. The van der Waals surface area contributed by atoms with E-state index < -0.39 is 11.9 Å². The maximum Gasteiger partial charge on any atom is 0.326 e. The topological polar surface area (TPSA) is 68.7 Å². The summed E-state index contributed by atoms with van der Waals surface area (Å²) in [5.74, 6) is -0.583. The summed E-state index contributed by atoms with van der Waals surface area (Å²) < 4.78 is 10.3. The molecule has 0 aliphatic heterocycles. The zero-order chi connectivity index (χ0) is 17.4. The molecule has 0 radical (unpaired) electrons. The second-order valence-corrected chi connectivity index (χ2v) is 5.06. The maximum atomic E-state index is 12.5. The van der Waals surface area contributed by atoms with Crippen LogP contribution in [0.2, 0.25) is 5.15 Å². The number of amides is 1. The molecular formula is C17H17ClN2O4. The smallest absolute Gasteiger partial charge is 0.326 e. The zero-order valence-electron chi connectivity index (χ0n) is 13.1. The van der Waals surface area contributed by atoms with E-state index in [1.165, 1.54) is 11.1 Å². The van der Waals surface area contributed by atoms with Crippen LogP contribution in [0.15, 0.2) is 48.7 Å². The van der Waals surface area contributed by atoms with Gasteiger partial charge in [-0.05, 0) is 31.2 Å². The lowest BCUT2D eigenvalue weighted by atomic mass is 10.3. The molecule has 126 valence electrons. The highest BCUT2D eigenvalue weighted by molar-refractivity contribution is 6.30. The van der Waals surface area contributed by atoms with Crippen molar-refractivity contribution in [1.82, 2.24) is 4.98 Å². The number of benzene rings is 1. The molecule has 0 spiro atoms. The third-order valence-corrected chi connectivity index (χ3v) is 3.32. The number of carbonyl (C=O) groups is 2. The molecule has 1 amide bonds. The Labute approximate surface area is 145 Å². The monoisotopic (exact) mass is 348 g/mol. The first-order valence-electron chi connectivity index (χ1n) is 7.36. The van der Waals surface area contributed by atoms with Crippen molar-refractivity contribution in [2.24, 2.45) is 0 Å². The average molecular weight is 349 g/mol. The molecule has 1 heterocycles. The van der Waals surface area contributed by atoms with Gasteiger partial charge in [0.1, 0.15) is 6.54 Å². The normalized spacial score (nSPS) is 10.1. The van der Waals surface area contributed by atoms with E-state index >= 15 is 0 Å². The van der Waals surface area contributed by atoms with Crippen molar-refractivity contribution >= 4 is 29.2 Å². The van der Waals surface area contributed by atoms with Crippen molar-refractivity contribution < 1.29 is 19.1 Å². The number of hydrogen-bond acceptors (Lipinski definition) is 5. The highest BCUT2D eigenvalue weighted by Gasteiger charge is 2.20. The minimum atomic E-state index is -0.492. The van der Waals surface area contributed by atoms with Crippen LogP contribution in [-0.2, 0) is 14.3 Å². The molecule has 24 heavy (non-hydrogen) atoms. The van der Waals surface area contributed by atoms with Gasteiger partial charge in [-0.1, -0.05) is 29.8 Å². The Bertz CT molecular complexity index is 694. The summed E-state index contributed by atoms with van der Waals surface area (Å²) in [5, 5.41) is 0.168. The highest BCUT2D eigenvalue weighted by Crippen LogP contribution is 2.21. The first-order valence-corrected chi connectivity index (χ1v) is 7.74. The number of carbonyl (C=O) groups excluding carboxylic acids is 2. The minimum absolute atomic E-state index is 0.168. The van der Waals surface area contributed by atoms with Gasteiger partial charge in [0.2, 0.25) is 0 Å². The molecule has 6 nitrogen and oxygen atoms in total. The van der Waals surface area contributed by atoms with Crippen LogP contribution in [0.1, 0.15) is 6.92 Å². The van der Waals surface area contributed by atoms with Crippen molar-refractivity contribution in [3.63, 3.8) is 0 Å². The number of nitrogens with zero attached hydrogens (tertiary/aromatic N) is 2. The van der Waals surface area contributed by atoms with Gasteiger partial charge < -0.3 is 9.47 Å². The van der Waals surface area contributed by atoms with E-state index in [1.807, 2.05) is 6.07 Å². The van der Waals surface area contributed by atoms with E-state index in [2.05, 4.69) is 4.98 Å². The summed E-state index contributed by atoms with van der Waals surface area (Å²) >= 11 is 5.89. The Balaban J connectivity index is 2.09. The van der Waals surface area contributed by atoms with Crippen LogP contribution in [0.5, 0.6) is 5.75 Å². The van der Waals surface area contributed by atoms with Gasteiger partial charge in [-0.15, -0.1) is 0 Å². The Morgan fingerprint density at radius 2 is 1.92 bits per heavy atom. The van der Waals surface area contributed by atoms with Crippen LogP contribution < -0.4 is 9.64 Å². The van der Waals surface area contributed by atoms with Crippen LogP contribution >= 0.6 is 11.6 Å². The first kappa shape index (κ1) is 17.7. The van der Waals surface area contributed by atoms with Gasteiger partial charge in [-0.3, -0.25) is 14.5 Å². The molecule has 0 unspecified atom stereocenters. The third kappa shape index (κ3) is 4.96. The number of para-hydroxylation sites is 1. The van der Waals surface area contributed by atoms with Gasteiger partial charge in [0.05, 0.1) is 6.61 Å². The molecule has 1 aromatic carbocycles. The van der Waals surface area contributed by atoms with E-state index in [0.29, 0.717) is 11.4 Å². The van der Waals surface area contributed by atoms with Crippen LogP contribution in [-0.4, -0.2) is 36.6 Å². The molecule has 2 rings (SSSR count). The Morgan fingerprint density at radius 3 is 2.58 bits per heavy atom. The largest absolute Gasteiger partial charge is 0.481 e. The van der Waals surface area contributed by atoms with Crippen molar-refractivity contribution in [3.05, 3.63) is 53.8 Å². The van der Waals surface area contributed by atoms with E-state index in [4.69, 9.17) is 21.1 Å². The van der Waals surface area contributed by atoms with Crippen LogP contribution in [0.25, 0.3) is 0 Å². The van der Waals surface area contributed by atoms with E-state index in [0.717, 1.165) is 0 Å². The number of anilines is 1. The van der Waals surface area contributed by atoms with Gasteiger partial charge in [-0.2, -0.15) is 0 Å². The summed E-state index contributed by atoms with van der Waals surface area (Å²) in [7, 11) is 0. The number of ether oxygens (including phenoxy) is 2. The van der Waals surface area contributed by atoms with Gasteiger partial charge in [-0.25, -0.2) is 4.98 Å². The van der Waals surface area contributed by atoms with Crippen molar-refractivity contribution in [2.75, 3.05) is 24.7 Å². The van der Waals surface area contributed by atoms with Gasteiger partial charge in [0.25, 0.3) is 5.91 Å². The van der Waals surface area contributed by atoms with Crippen LogP contribution in [0.4, 0.5) is 5.69 Å². The van der Waals surface area contributed by atoms with Gasteiger partial charge in [0, 0.05) is 11.9 Å². The number of esters is 1. The number of pyridine rings is 1. The van der Waals surface area contributed by atoms with E-state index in [-0.39, 0.29) is 24.9 Å². The number of halogens is 1. The molecule has 0 N–H and O–H groups in total. The second-order valence-electron chi connectivity index (χ2n) is 4.70. The lowest BCUT2D eigenvalue weighted by Crippen LogP contribution is -2.39. The molecule has 0 bridgehead atoms. The molecule has 0 aliphatic rings. The molecule has 1 aromatic heterocycles. The Morgan fingerprint density at radius 1 is 1.17 bits per heavy atom. The third-order valence-electron chi connectivity index (χ3n) is 3.04. The number of aromatic nitrogens is 1. The molecule has 2 aromatic rings. The fraction of sp³-hybridized carbons (Fsp3) is 0.235. The minimum Gasteiger partial charge on any atom is -0.481 e. The van der Waals surface area contributed by atoms with Crippen LogP contribution in [0.3, 0.4) is 0 Å².